The molecule has 0 aliphatic carbocycles. The van der Waals surface area contributed by atoms with E-state index in [-0.39, 0.29) is 17.9 Å². The maximum atomic E-state index is 12.1. The third kappa shape index (κ3) is 2.40. The number of hydrogen-bond donors (Lipinski definition) is 0. The largest absolute Gasteiger partial charge is 0.377 e. The van der Waals surface area contributed by atoms with E-state index in [9.17, 15) is 9.59 Å². The second-order valence-electron chi connectivity index (χ2n) is 4.72. The van der Waals surface area contributed by atoms with E-state index >= 15 is 0 Å². The van der Waals surface area contributed by atoms with Crippen LogP contribution in [0.3, 0.4) is 0 Å². The van der Waals surface area contributed by atoms with E-state index in [1.54, 1.807) is 36.0 Å². The van der Waals surface area contributed by atoms with Crippen LogP contribution in [0.1, 0.15) is 33.6 Å². The molecule has 5 heteroatoms. The van der Waals surface area contributed by atoms with Crippen molar-refractivity contribution in [2.75, 3.05) is 18.2 Å². The number of amides is 2. The molecule has 2 aliphatic heterocycles. The van der Waals surface area contributed by atoms with Crippen molar-refractivity contribution in [3.8, 4) is 0 Å². The monoisotopic (exact) mass is 277 g/mol. The van der Waals surface area contributed by atoms with Crippen LogP contribution in [0.4, 0.5) is 0 Å². The van der Waals surface area contributed by atoms with Gasteiger partial charge in [0, 0.05) is 12.4 Å². The Morgan fingerprint density at radius 1 is 1.21 bits per heavy atom. The number of benzene rings is 1. The fraction of sp³-hybridized carbons (Fsp3) is 0.429. The third-order valence-electron chi connectivity index (χ3n) is 3.43. The van der Waals surface area contributed by atoms with Gasteiger partial charge in [-0.25, -0.2) is 0 Å². The SMILES string of the molecule is O=C1c2ccccc2C(=O)N1CSC[C@H]1CCCO1. The Kier molecular flexibility index (Phi) is 3.57. The summed E-state index contributed by atoms with van der Waals surface area (Å²) in [4.78, 5) is 25.5. The fourth-order valence-electron chi connectivity index (χ4n) is 2.41. The fourth-order valence-corrected chi connectivity index (χ4v) is 3.46. The molecule has 0 bridgehead atoms. The van der Waals surface area contributed by atoms with Gasteiger partial charge in [0.2, 0.25) is 0 Å². The highest BCUT2D eigenvalue weighted by molar-refractivity contribution is 7.99. The lowest BCUT2D eigenvalue weighted by Gasteiger charge is -2.15. The van der Waals surface area contributed by atoms with Crippen molar-refractivity contribution in [1.82, 2.24) is 4.90 Å². The van der Waals surface area contributed by atoms with Crippen LogP contribution in [-0.4, -0.2) is 41.1 Å². The standard InChI is InChI=1S/C14H15NO3S/c16-13-11-5-1-2-6-12(11)14(17)15(13)9-19-8-10-4-3-7-18-10/h1-2,5-6,10H,3-4,7-9H2/t10-/m1/s1. The molecular formula is C14H15NO3S. The molecule has 2 heterocycles. The van der Waals surface area contributed by atoms with E-state index in [0.717, 1.165) is 25.2 Å². The van der Waals surface area contributed by atoms with Crippen molar-refractivity contribution in [3.05, 3.63) is 35.4 Å². The van der Waals surface area contributed by atoms with E-state index in [2.05, 4.69) is 0 Å². The summed E-state index contributed by atoms with van der Waals surface area (Å²) in [6.07, 6.45) is 2.47. The van der Waals surface area contributed by atoms with Gasteiger partial charge in [-0.05, 0) is 25.0 Å². The lowest BCUT2D eigenvalue weighted by Crippen LogP contribution is -2.30. The summed E-state index contributed by atoms with van der Waals surface area (Å²) in [7, 11) is 0. The van der Waals surface area contributed by atoms with E-state index < -0.39 is 0 Å². The second-order valence-corrected chi connectivity index (χ2v) is 5.72. The Bertz CT molecular complexity index is 476. The molecule has 100 valence electrons. The Hall–Kier alpha value is -1.33. The number of thioether (sulfide) groups is 1. The minimum absolute atomic E-state index is 0.180. The smallest absolute Gasteiger partial charge is 0.262 e. The zero-order chi connectivity index (χ0) is 13.2. The lowest BCUT2D eigenvalue weighted by atomic mass is 10.1. The minimum Gasteiger partial charge on any atom is -0.377 e. The van der Waals surface area contributed by atoms with Gasteiger partial charge in [-0.15, -0.1) is 11.8 Å². The highest BCUT2D eigenvalue weighted by Crippen LogP contribution is 2.25. The number of rotatable bonds is 4. The van der Waals surface area contributed by atoms with Crippen LogP contribution in [0.5, 0.6) is 0 Å². The molecule has 0 spiro atoms. The van der Waals surface area contributed by atoms with Gasteiger partial charge >= 0.3 is 0 Å². The molecule has 0 unspecified atom stereocenters. The first-order valence-electron chi connectivity index (χ1n) is 6.42. The van der Waals surface area contributed by atoms with Gasteiger partial charge in [0.15, 0.2) is 0 Å². The molecule has 1 atom stereocenters. The normalized spacial score (nSPS) is 22.1. The summed E-state index contributed by atoms with van der Waals surface area (Å²) in [6.45, 7) is 0.832. The summed E-state index contributed by atoms with van der Waals surface area (Å²) in [5.74, 6) is 0.889. The summed E-state index contributed by atoms with van der Waals surface area (Å²) < 4.78 is 5.52. The van der Waals surface area contributed by atoms with Crippen molar-refractivity contribution in [1.29, 1.82) is 0 Å². The molecule has 2 aliphatic rings. The Morgan fingerprint density at radius 3 is 2.47 bits per heavy atom. The number of fused-ring (bicyclic) bond motifs is 1. The molecule has 2 amide bonds. The van der Waals surface area contributed by atoms with Gasteiger partial charge in [-0.2, -0.15) is 0 Å². The Balaban J connectivity index is 1.60. The topological polar surface area (TPSA) is 46.6 Å². The number of nitrogens with zero attached hydrogens (tertiary/aromatic N) is 1. The van der Waals surface area contributed by atoms with Crippen LogP contribution in [-0.2, 0) is 4.74 Å². The molecule has 19 heavy (non-hydrogen) atoms. The predicted octanol–water partition coefficient (Wildman–Crippen LogP) is 2.15. The van der Waals surface area contributed by atoms with Crippen molar-refractivity contribution in [3.63, 3.8) is 0 Å². The van der Waals surface area contributed by atoms with Crippen molar-refractivity contribution >= 4 is 23.6 Å². The van der Waals surface area contributed by atoms with Crippen LogP contribution in [0.15, 0.2) is 24.3 Å². The molecule has 1 aromatic rings. The van der Waals surface area contributed by atoms with Gasteiger partial charge in [0.05, 0.1) is 23.1 Å². The molecule has 1 saturated heterocycles. The van der Waals surface area contributed by atoms with Crippen LogP contribution in [0.25, 0.3) is 0 Å². The Morgan fingerprint density at radius 2 is 1.89 bits per heavy atom. The summed E-state index contributed by atoms with van der Waals surface area (Å²) >= 11 is 1.59. The van der Waals surface area contributed by atoms with Gasteiger partial charge in [-0.1, -0.05) is 12.1 Å². The van der Waals surface area contributed by atoms with E-state index in [0.29, 0.717) is 17.0 Å². The molecule has 1 fully saturated rings. The molecule has 0 aromatic heterocycles. The van der Waals surface area contributed by atoms with Gasteiger partial charge in [0.1, 0.15) is 0 Å². The number of carbonyl (C=O) groups excluding carboxylic acids is 2. The molecule has 1 aromatic carbocycles. The number of hydrogen-bond acceptors (Lipinski definition) is 4. The average molecular weight is 277 g/mol. The van der Waals surface area contributed by atoms with Crippen LogP contribution in [0.2, 0.25) is 0 Å². The highest BCUT2D eigenvalue weighted by Gasteiger charge is 2.34. The van der Waals surface area contributed by atoms with Gasteiger partial charge < -0.3 is 4.74 Å². The van der Waals surface area contributed by atoms with Crippen molar-refractivity contribution in [2.24, 2.45) is 0 Å². The summed E-state index contributed by atoms with van der Waals surface area (Å²) in [6, 6.07) is 6.99. The number of carbonyl (C=O) groups is 2. The molecule has 0 saturated carbocycles. The van der Waals surface area contributed by atoms with E-state index in [1.165, 1.54) is 4.90 Å². The van der Waals surface area contributed by atoms with Gasteiger partial charge in [0.25, 0.3) is 11.8 Å². The van der Waals surface area contributed by atoms with Crippen LogP contribution < -0.4 is 0 Å². The highest BCUT2D eigenvalue weighted by atomic mass is 32.2. The second kappa shape index (κ2) is 5.35. The molecule has 0 N–H and O–H groups in total. The number of ether oxygens (including phenoxy) is 1. The zero-order valence-electron chi connectivity index (χ0n) is 10.5. The first-order valence-corrected chi connectivity index (χ1v) is 7.57. The number of imide groups is 1. The van der Waals surface area contributed by atoms with Crippen molar-refractivity contribution in [2.45, 2.75) is 18.9 Å². The summed E-state index contributed by atoms with van der Waals surface area (Å²) in [5, 5.41) is 0. The molecular weight excluding hydrogens is 262 g/mol. The maximum absolute atomic E-state index is 12.1. The first-order chi connectivity index (χ1) is 9.27. The van der Waals surface area contributed by atoms with E-state index in [4.69, 9.17) is 4.74 Å². The average Bonchev–Trinajstić information content (AvgIpc) is 3.02. The van der Waals surface area contributed by atoms with Crippen LogP contribution in [0, 0.1) is 0 Å². The lowest BCUT2D eigenvalue weighted by molar-refractivity contribution is 0.0683. The van der Waals surface area contributed by atoms with Crippen LogP contribution >= 0.6 is 11.8 Å². The zero-order valence-corrected chi connectivity index (χ0v) is 11.3. The van der Waals surface area contributed by atoms with Gasteiger partial charge in [-0.3, -0.25) is 14.5 Å². The molecule has 0 radical (unpaired) electrons. The molecule has 4 nitrogen and oxygen atoms in total. The maximum Gasteiger partial charge on any atom is 0.262 e. The van der Waals surface area contributed by atoms with Crippen molar-refractivity contribution < 1.29 is 14.3 Å². The van der Waals surface area contributed by atoms with E-state index in [1.807, 2.05) is 0 Å². The Labute approximate surface area is 116 Å². The predicted molar refractivity (Wildman–Crippen MR) is 73.2 cm³/mol. The first kappa shape index (κ1) is 12.7. The third-order valence-corrected chi connectivity index (χ3v) is 4.47. The summed E-state index contributed by atoms with van der Waals surface area (Å²) in [5.41, 5.74) is 1.04. The quantitative estimate of drug-likeness (QED) is 0.791. The molecule has 3 rings (SSSR count). The minimum atomic E-state index is -0.180.